The summed E-state index contributed by atoms with van der Waals surface area (Å²) >= 11 is 4.96. The van der Waals surface area contributed by atoms with E-state index >= 15 is 0 Å². The van der Waals surface area contributed by atoms with Gasteiger partial charge in [0.15, 0.2) is 0 Å². The van der Waals surface area contributed by atoms with Crippen LogP contribution in [0.4, 0.5) is 5.82 Å². The molecular formula is C13H19N3O2S. The molecule has 5 nitrogen and oxygen atoms in total. The van der Waals surface area contributed by atoms with E-state index in [0.29, 0.717) is 37.6 Å². The van der Waals surface area contributed by atoms with Gasteiger partial charge in [0.05, 0.1) is 5.60 Å². The molecule has 1 aliphatic heterocycles. The van der Waals surface area contributed by atoms with Crippen LogP contribution >= 0.6 is 12.2 Å². The molecule has 1 saturated heterocycles. The molecule has 0 unspecified atom stereocenters. The van der Waals surface area contributed by atoms with Crippen molar-refractivity contribution in [3.63, 3.8) is 0 Å². The fourth-order valence-corrected chi connectivity index (χ4v) is 2.34. The van der Waals surface area contributed by atoms with Crippen molar-refractivity contribution in [2.24, 2.45) is 5.73 Å². The molecule has 0 bridgehead atoms. The second-order valence-electron chi connectivity index (χ2n) is 4.96. The van der Waals surface area contributed by atoms with E-state index in [1.54, 1.807) is 12.3 Å². The maximum absolute atomic E-state index is 10.5. The quantitative estimate of drug-likeness (QED) is 0.791. The van der Waals surface area contributed by atoms with Gasteiger partial charge >= 0.3 is 0 Å². The minimum atomic E-state index is -0.714. The van der Waals surface area contributed by atoms with Crippen molar-refractivity contribution in [2.75, 3.05) is 31.7 Å². The van der Waals surface area contributed by atoms with Gasteiger partial charge in [-0.2, -0.15) is 0 Å². The van der Waals surface area contributed by atoms with Gasteiger partial charge in [0, 0.05) is 51.4 Å². The van der Waals surface area contributed by atoms with Crippen LogP contribution in [0.2, 0.25) is 0 Å². The number of thiocarbonyl (C=S) groups is 1. The minimum Gasteiger partial charge on any atom is -0.389 e. The molecule has 1 aromatic rings. The summed E-state index contributed by atoms with van der Waals surface area (Å²) < 4.78 is 5.27. The van der Waals surface area contributed by atoms with Gasteiger partial charge in [0.1, 0.15) is 10.8 Å². The summed E-state index contributed by atoms with van der Waals surface area (Å²) in [4.78, 5) is 6.56. The highest BCUT2D eigenvalue weighted by molar-refractivity contribution is 7.80. The number of pyridine rings is 1. The molecule has 0 amide bonds. The van der Waals surface area contributed by atoms with Crippen molar-refractivity contribution in [3.8, 4) is 0 Å². The van der Waals surface area contributed by atoms with Crippen LogP contribution in [0, 0.1) is 0 Å². The zero-order chi connectivity index (χ0) is 13.9. The van der Waals surface area contributed by atoms with Gasteiger partial charge in [-0.25, -0.2) is 4.98 Å². The maximum atomic E-state index is 10.5. The first-order chi connectivity index (χ1) is 9.00. The molecule has 0 atom stereocenters. The lowest BCUT2D eigenvalue weighted by Crippen LogP contribution is -2.46. The number of nitrogens with zero attached hydrogens (tertiary/aromatic N) is 2. The molecule has 6 heteroatoms. The van der Waals surface area contributed by atoms with E-state index in [-0.39, 0.29) is 0 Å². The third kappa shape index (κ3) is 3.62. The van der Waals surface area contributed by atoms with Crippen LogP contribution in [0.1, 0.15) is 18.4 Å². The molecule has 1 fully saturated rings. The fourth-order valence-electron chi connectivity index (χ4n) is 2.21. The lowest BCUT2D eigenvalue weighted by atomic mass is 9.94. The number of rotatable bonds is 4. The molecule has 1 aromatic heterocycles. The first-order valence-corrected chi connectivity index (χ1v) is 6.68. The second-order valence-corrected chi connectivity index (χ2v) is 5.40. The number of ether oxygens (including phenoxy) is 1. The Morgan fingerprint density at radius 2 is 2.26 bits per heavy atom. The highest BCUT2D eigenvalue weighted by Crippen LogP contribution is 2.23. The van der Waals surface area contributed by atoms with Crippen molar-refractivity contribution in [1.29, 1.82) is 0 Å². The molecule has 0 aromatic carbocycles. The van der Waals surface area contributed by atoms with Crippen LogP contribution in [-0.4, -0.2) is 47.5 Å². The van der Waals surface area contributed by atoms with Crippen molar-refractivity contribution in [2.45, 2.75) is 18.4 Å². The SMILES string of the molecule is CN(CC1(O)CCOCC1)c1cc(C(N)=S)ccn1. The Morgan fingerprint density at radius 1 is 1.58 bits per heavy atom. The molecule has 0 radical (unpaired) electrons. The lowest BCUT2D eigenvalue weighted by molar-refractivity contribution is -0.0573. The molecule has 1 aliphatic rings. The zero-order valence-electron chi connectivity index (χ0n) is 11.0. The highest BCUT2D eigenvalue weighted by atomic mass is 32.1. The zero-order valence-corrected chi connectivity index (χ0v) is 11.8. The van der Waals surface area contributed by atoms with E-state index in [1.807, 2.05) is 18.0 Å². The van der Waals surface area contributed by atoms with E-state index in [4.69, 9.17) is 22.7 Å². The van der Waals surface area contributed by atoms with Gasteiger partial charge in [-0.1, -0.05) is 12.2 Å². The standard InChI is InChI=1S/C13H19N3O2S/c1-16(9-13(17)3-6-18-7-4-13)11-8-10(12(14)19)2-5-15-11/h2,5,8,17H,3-4,6-7,9H2,1H3,(H2,14,19). The van der Waals surface area contributed by atoms with Crippen molar-refractivity contribution >= 4 is 23.0 Å². The van der Waals surface area contributed by atoms with E-state index in [2.05, 4.69) is 4.98 Å². The van der Waals surface area contributed by atoms with Gasteiger partial charge in [0.2, 0.25) is 0 Å². The molecule has 0 saturated carbocycles. The number of nitrogens with two attached hydrogens (primary N) is 1. The number of aromatic nitrogens is 1. The lowest BCUT2D eigenvalue weighted by Gasteiger charge is -2.35. The van der Waals surface area contributed by atoms with Crippen LogP contribution < -0.4 is 10.6 Å². The average Bonchev–Trinajstić information content (AvgIpc) is 2.39. The largest absolute Gasteiger partial charge is 0.389 e. The number of aliphatic hydroxyl groups is 1. The van der Waals surface area contributed by atoms with Gasteiger partial charge < -0.3 is 20.5 Å². The third-order valence-electron chi connectivity index (χ3n) is 3.38. The van der Waals surface area contributed by atoms with E-state index in [0.717, 1.165) is 11.4 Å². The molecule has 0 spiro atoms. The molecule has 104 valence electrons. The third-order valence-corrected chi connectivity index (χ3v) is 3.61. The average molecular weight is 281 g/mol. The smallest absolute Gasteiger partial charge is 0.129 e. The summed E-state index contributed by atoms with van der Waals surface area (Å²) in [7, 11) is 1.90. The van der Waals surface area contributed by atoms with Crippen molar-refractivity contribution in [3.05, 3.63) is 23.9 Å². The van der Waals surface area contributed by atoms with Gasteiger partial charge in [-0.05, 0) is 12.1 Å². The summed E-state index contributed by atoms with van der Waals surface area (Å²) in [6.07, 6.45) is 2.97. The van der Waals surface area contributed by atoms with Crippen LogP contribution in [0.25, 0.3) is 0 Å². The van der Waals surface area contributed by atoms with E-state index in [1.165, 1.54) is 0 Å². The van der Waals surface area contributed by atoms with Crippen molar-refractivity contribution in [1.82, 2.24) is 4.98 Å². The maximum Gasteiger partial charge on any atom is 0.129 e. The molecule has 0 aliphatic carbocycles. The Hall–Kier alpha value is -1.24. The number of anilines is 1. The molecule has 2 heterocycles. The number of hydrogen-bond donors (Lipinski definition) is 2. The number of hydrogen-bond acceptors (Lipinski definition) is 5. The van der Waals surface area contributed by atoms with E-state index in [9.17, 15) is 5.11 Å². The van der Waals surface area contributed by atoms with Crippen LogP contribution in [0.3, 0.4) is 0 Å². The van der Waals surface area contributed by atoms with Crippen LogP contribution in [0.5, 0.6) is 0 Å². The predicted molar refractivity (Wildman–Crippen MR) is 78.4 cm³/mol. The summed E-state index contributed by atoms with van der Waals surface area (Å²) in [5, 5.41) is 10.5. The Labute approximate surface area is 118 Å². The Balaban J connectivity index is 2.08. The first kappa shape index (κ1) is 14.2. The summed E-state index contributed by atoms with van der Waals surface area (Å²) in [5.41, 5.74) is 5.68. The Bertz CT molecular complexity index is 461. The minimum absolute atomic E-state index is 0.349. The normalized spacial score (nSPS) is 18.0. The summed E-state index contributed by atoms with van der Waals surface area (Å²) in [6, 6.07) is 3.62. The Kier molecular flexibility index (Phi) is 4.34. The van der Waals surface area contributed by atoms with Crippen LogP contribution in [0.15, 0.2) is 18.3 Å². The molecule has 19 heavy (non-hydrogen) atoms. The van der Waals surface area contributed by atoms with Gasteiger partial charge in [-0.15, -0.1) is 0 Å². The first-order valence-electron chi connectivity index (χ1n) is 6.27. The molecule has 2 rings (SSSR count). The predicted octanol–water partition coefficient (Wildman–Crippen LogP) is 0.693. The second kappa shape index (κ2) is 5.81. The molecule has 3 N–H and O–H groups in total. The fraction of sp³-hybridized carbons (Fsp3) is 0.538. The summed E-state index contributed by atoms with van der Waals surface area (Å²) in [6.45, 7) is 1.72. The molecular weight excluding hydrogens is 262 g/mol. The topological polar surface area (TPSA) is 71.6 Å². The monoisotopic (exact) mass is 281 g/mol. The van der Waals surface area contributed by atoms with Gasteiger partial charge in [0.25, 0.3) is 0 Å². The summed E-state index contributed by atoms with van der Waals surface area (Å²) in [5.74, 6) is 0.755. The van der Waals surface area contributed by atoms with Crippen molar-refractivity contribution < 1.29 is 9.84 Å². The van der Waals surface area contributed by atoms with Gasteiger partial charge in [-0.3, -0.25) is 0 Å². The van der Waals surface area contributed by atoms with Crippen LogP contribution in [-0.2, 0) is 4.74 Å². The highest BCUT2D eigenvalue weighted by Gasteiger charge is 2.31. The van der Waals surface area contributed by atoms with E-state index < -0.39 is 5.60 Å². The number of likely N-dealkylation sites (N-methyl/N-ethyl adjacent to an activating group) is 1. The Morgan fingerprint density at radius 3 is 2.89 bits per heavy atom.